The van der Waals surface area contributed by atoms with Gasteiger partial charge in [-0.1, -0.05) is 35.0 Å². The topological polar surface area (TPSA) is 256 Å². The van der Waals surface area contributed by atoms with E-state index < -0.39 is 76.3 Å². The Morgan fingerprint density at radius 2 is 1.76 bits per heavy atom. The number of rotatable bonds is 15. The second kappa shape index (κ2) is 16.2. The first-order valence-corrected chi connectivity index (χ1v) is 19.6. The van der Waals surface area contributed by atoms with Gasteiger partial charge in [0.15, 0.2) is 28.4 Å². The molecular weight excluding hydrogens is 774 g/mol. The fraction of sp³-hybridized carbons (Fsp3) is 0.706. The average molecular weight is 799 g/mol. The number of anilines is 1. The minimum Gasteiger partial charge on any atom is -0.387 e. The molecule has 1 aliphatic heterocycles. The molecule has 1 saturated heterocycles. The summed E-state index contributed by atoms with van der Waals surface area (Å²) in [5.74, 6) is 0.407. The summed E-state index contributed by atoms with van der Waals surface area (Å²) in [5.41, 5.74) is 0.119. The van der Waals surface area contributed by atoms with E-state index in [1.165, 1.54) is 11.8 Å². The molecular formula is C17H25Cl2F3N5NaO12P3S2. The summed E-state index contributed by atoms with van der Waals surface area (Å²) in [7, 11) is -17.4. The number of imidazole rings is 1. The molecule has 17 nitrogen and oxygen atoms in total. The number of hydrogen-bond acceptors (Lipinski definition) is 14. The molecule has 2 aromatic rings. The van der Waals surface area contributed by atoms with Gasteiger partial charge in [-0.25, -0.2) is 23.8 Å². The molecule has 3 rings (SSSR count). The van der Waals surface area contributed by atoms with Crippen LogP contribution in [0.2, 0.25) is 0 Å². The van der Waals surface area contributed by atoms with E-state index in [4.69, 9.17) is 37.7 Å². The van der Waals surface area contributed by atoms with Crippen LogP contribution in [-0.4, -0.2) is 138 Å². The molecule has 0 aromatic carbocycles. The molecule has 1 fully saturated rings. The van der Waals surface area contributed by atoms with Crippen LogP contribution in [-0.2, 0) is 27.3 Å². The van der Waals surface area contributed by atoms with Crippen molar-refractivity contribution < 1.29 is 70.2 Å². The summed E-state index contributed by atoms with van der Waals surface area (Å²) in [6.07, 6.45) is -9.29. The van der Waals surface area contributed by atoms with Gasteiger partial charge in [-0.15, -0.1) is 0 Å². The van der Waals surface area contributed by atoms with Crippen molar-refractivity contribution in [2.75, 3.05) is 36.2 Å². The molecule has 1 aliphatic rings. The Balaban J connectivity index is 0.00000705. The molecule has 3 heterocycles. The number of alkyl halides is 5. The van der Waals surface area contributed by atoms with Gasteiger partial charge in [0.2, 0.25) is 0 Å². The number of aliphatic hydroxyl groups is 2. The average Bonchev–Trinajstić information content (AvgIpc) is 3.41. The van der Waals surface area contributed by atoms with Crippen LogP contribution in [0.4, 0.5) is 19.0 Å². The zero-order valence-corrected chi connectivity index (χ0v) is 30.7. The maximum Gasteiger partial charge on any atom is 0.479 e. The molecule has 2 aromatic heterocycles. The molecule has 0 saturated carbocycles. The van der Waals surface area contributed by atoms with Gasteiger partial charge in [-0.3, -0.25) is 18.2 Å². The molecule has 253 valence electrons. The Morgan fingerprint density at radius 3 is 2.33 bits per heavy atom. The molecule has 0 bridgehead atoms. The number of phosphoric acid groups is 1. The third-order valence-electron chi connectivity index (χ3n) is 5.53. The van der Waals surface area contributed by atoms with Gasteiger partial charge in [0.05, 0.1) is 19.4 Å². The van der Waals surface area contributed by atoms with Gasteiger partial charge >= 0.3 is 33.0 Å². The zero-order chi connectivity index (χ0) is 33.3. The third kappa shape index (κ3) is 10.6. The van der Waals surface area contributed by atoms with E-state index in [2.05, 4.69) is 29.1 Å². The number of hydrogen-bond donors (Lipinski definition) is 7. The monoisotopic (exact) mass is 798 g/mol. The first-order valence-electron chi connectivity index (χ1n) is 11.7. The SMILES string of the molecule is CSCCNc1nc(SCCC(F)(F)F)nc2c1ncn2[C@@H]1O[C@H](COP(=O)(O)OP(=O)(O)C(Cl)(Cl)P(=O)(O)O)[C@@H](O)[C@H]1O.[Na]. The zero-order valence-electron chi connectivity index (χ0n) is 22.9. The smallest absolute Gasteiger partial charge is 0.387 e. The van der Waals surface area contributed by atoms with Crippen molar-refractivity contribution in [1.29, 1.82) is 0 Å². The van der Waals surface area contributed by atoms with Gasteiger partial charge in [0.1, 0.15) is 18.3 Å². The van der Waals surface area contributed by atoms with Gasteiger partial charge in [-0.2, -0.15) is 24.9 Å². The standard InChI is InChI=1S/C17H25Cl2F3N5O12P3S2.Na/c1-43-5-3-23-12-9-13(26-15(25-12)44-4-2-16(20,21)22)27(7-24-9)14-11(29)10(28)8(38-14)6-37-42(35,36)39-41(33,34)17(18,19)40(30,31)32;/h7-8,10-11,14,28-29H,2-6H2,1H3,(H,33,34)(H,35,36)(H,23,25,26)(H2,30,31,32);/t8-,10-,11-,14-;/m1./s1. The summed E-state index contributed by atoms with van der Waals surface area (Å²) >= 11 is 12.6. The molecule has 0 spiro atoms. The summed E-state index contributed by atoms with van der Waals surface area (Å²) in [6.45, 7) is -0.697. The number of aromatic nitrogens is 4. The first kappa shape index (κ1) is 41.9. The number of nitrogens with zero attached hydrogens (tertiary/aromatic N) is 4. The number of fused-ring (bicyclic) bond motifs is 1. The quantitative estimate of drug-likeness (QED) is 0.0341. The van der Waals surface area contributed by atoms with Crippen LogP contribution in [0, 0.1) is 0 Å². The first-order chi connectivity index (χ1) is 20.1. The Bertz CT molecular complexity index is 1480. The second-order valence-corrected chi connectivity index (χ2v) is 18.9. The van der Waals surface area contributed by atoms with Crippen molar-refractivity contribution in [3.8, 4) is 0 Å². The van der Waals surface area contributed by atoms with Gasteiger partial charge in [0, 0.05) is 47.6 Å². The van der Waals surface area contributed by atoms with Gasteiger partial charge in [-0.05, 0) is 6.26 Å². The van der Waals surface area contributed by atoms with Crippen LogP contribution in [0.5, 0.6) is 0 Å². The molecule has 45 heavy (non-hydrogen) atoms. The number of halogens is 5. The number of aliphatic hydroxyl groups excluding tert-OH is 2. The number of thioether (sulfide) groups is 2. The van der Waals surface area contributed by atoms with Crippen molar-refractivity contribution >= 4 is 116 Å². The van der Waals surface area contributed by atoms with E-state index in [9.17, 15) is 46.9 Å². The summed E-state index contributed by atoms with van der Waals surface area (Å²) in [6, 6.07) is 0. The third-order valence-corrected chi connectivity index (χ3v) is 14.7. The van der Waals surface area contributed by atoms with Crippen molar-refractivity contribution in [1.82, 2.24) is 19.5 Å². The Kier molecular flexibility index (Phi) is 15.1. The summed E-state index contributed by atoms with van der Waals surface area (Å²) < 4.78 is 85.1. The fourth-order valence-electron chi connectivity index (χ4n) is 3.44. The van der Waals surface area contributed by atoms with E-state index in [0.29, 0.717) is 24.1 Å². The molecule has 6 atom stereocenters. The normalized spacial score (nSPS) is 23.8. The van der Waals surface area contributed by atoms with E-state index >= 15 is 0 Å². The summed E-state index contributed by atoms with van der Waals surface area (Å²) in [4.78, 5) is 50.4. The van der Waals surface area contributed by atoms with Crippen molar-refractivity contribution in [3.63, 3.8) is 0 Å². The number of nitrogens with one attached hydrogen (secondary N) is 1. The summed E-state index contributed by atoms with van der Waals surface area (Å²) in [5, 5.41) is 24.1. The predicted molar refractivity (Wildman–Crippen MR) is 158 cm³/mol. The van der Waals surface area contributed by atoms with E-state index in [1.54, 1.807) is 0 Å². The Hall–Kier alpha value is 0.750. The number of phosphoric ester groups is 1. The molecule has 1 radical (unpaired) electrons. The molecule has 28 heteroatoms. The van der Waals surface area contributed by atoms with E-state index in [-0.39, 0.29) is 51.7 Å². The number of ether oxygens (including phenoxy) is 1. The maximum absolute atomic E-state index is 12.7. The van der Waals surface area contributed by atoms with Gasteiger partial charge in [0.25, 0.3) is 0 Å². The van der Waals surface area contributed by atoms with Crippen LogP contribution in [0.25, 0.3) is 11.2 Å². The minimum absolute atomic E-state index is 0. The van der Waals surface area contributed by atoms with Crippen molar-refractivity contribution in [3.05, 3.63) is 6.33 Å². The molecule has 7 N–H and O–H groups in total. The van der Waals surface area contributed by atoms with Crippen LogP contribution in [0.15, 0.2) is 11.5 Å². The Labute approximate surface area is 292 Å². The minimum atomic E-state index is -5.97. The predicted octanol–water partition coefficient (Wildman–Crippen LogP) is 2.47. The van der Waals surface area contributed by atoms with E-state index in [0.717, 1.165) is 10.9 Å². The van der Waals surface area contributed by atoms with Crippen molar-refractivity contribution in [2.24, 2.45) is 0 Å². The van der Waals surface area contributed by atoms with E-state index in [1.807, 2.05) is 6.26 Å². The second-order valence-electron chi connectivity index (χ2n) is 8.78. The van der Waals surface area contributed by atoms with Crippen LogP contribution in [0.3, 0.4) is 0 Å². The van der Waals surface area contributed by atoms with Crippen LogP contribution < -0.4 is 5.32 Å². The Morgan fingerprint density at radius 1 is 1.11 bits per heavy atom. The van der Waals surface area contributed by atoms with Crippen LogP contribution >= 0.6 is 69.7 Å². The fourth-order valence-corrected chi connectivity index (χ4v) is 8.81. The van der Waals surface area contributed by atoms with Crippen LogP contribution in [0.1, 0.15) is 12.6 Å². The molecule has 2 unspecified atom stereocenters. The van der Waals surface area contributed by atoms with Gasteiger partial charge < -0.3 is 39.8 Å². The largest absolute Gasteiger partial charge is 0.479 e. The molecule has 0 amide bonds. The van der Waals surface area contributed by atoms with Crippen molar-refractivity contribution in [2.45, 2.75) is 46.1 Å². The maximum atomic E-state index is 12.7. The molecule has 0 aliphatic carbocycles.